The average Bonchev–Trinajstić information content (AvgIpc) is 3.00. The highest BCUT2D eigenvalue weighted by atomic mass is 35.5. The molecule has 0 saturated heterocycles. The van der Waals surface area contributed by atoms with Crippen molar-refractivity contribution in [2.75, 3.05) is 0 Å². The molecule has 0 unspecified atom stereocenters. The summed E-state index contributed by atoms with van der Waals surface area (Å²) in [6, 6.07) is 9.61. The Hall–Kier alpha value is -2.66. The minimum Gasteiger partial charge on any atom is -0.294 e. The number of hydrogen-bond acceptors (Lipinski definition) is 2. The van der Waals surface area contributed by atoms with Crippen LogP contribution in [-0.4, -0.2) is 14.0 Å². The van der Waals surface area contributed by atoms with E-state index in [1.165, 1.54) is 16.7 Å². The van der Waals surface area contributed by atoms with E-state index in [1.807, 2.05) is 13.0 Å². The summed E-state index contributed by atoms with van der Waals surface area (Å²) in [5, 5.41) is 0.499. The van der Waals surface area contributed by atoms with Gasteiger partial charge in [-0.1, -0.05) is 17.7 Å². The van der Waals surface area contributed by atoms with Crippen LogP contribution in [0.25, 0.3) is 22.4 Å². The first-order chi connectivity index (χ1) is 11.1. The van der Waals surface area contributed by atoms with Crippen LogP contribution in [0.4, 0.5) is 4.39 Å². The molecule has 4 nitrogen and oxygen atoms in total. The van der Waals surface area contributed by atoms with Gasteiger partial charge in [0.05, 0.1) is 16.7 Å². The summed E-state index contributed by atoms with van der Waals surface area (Å²) < 4.78 is 16.9. The van der Waals surface area contributed by atoms with E-state index in [9.17, 15) is 9.18 Å². The lowest BCUT2D eigenvalue weighted by Gasteiger charge is -2.14. The van der Waals surface area contributed by atoms with Crippen LogP contribution in [0.1, 0.15) is 5.56 Å². The molecule has 0 radical (unpaired) electrons. The molecule has 23 heavy (non-hydrogen) atoms. The van der Waals surface area contributed by atoms with Gasteiger partial charge in [0.25, 0.3) is 5.56 Å². The van der Waals surface area contributed by atoms with Crippen LogP contribution in [-0.2, 0) is 0 Å². The summed E-state index contributed by atoms with van der Waals surface area (Å²) >= 11 is 6.11. The highest BCUT2D eigenvalue weighted by Gasteiger charge is 2.15. The Balaban J connectivity index is 2.28. The van der Waals surface area contributed by atoms with Crippen molar-refractivity contribution in [2.24, 2.45) is 0 Å². The number of nitrogens with zero attached hydrogens (tertiary/aromatic N) is 3. The van der Waals surface area contributed by atoms with Crippen LogP contribution in [0, 0.1) is 12.7 Å². The zero-order valence-electron chi connectivity index (χ0n) is 12.1. The Morgan fingerprint density at radius 1 is 1.13 bits per heavy atom. The van der Waals surface area contributed by atoms with Gasteiger partial charge in [0.1, 0.15) is 5.82 Å². The maximum Gasteiger partial charge on any atom is 0.299 e. The number of halogens is 2. The molecule has 0 amide bonds. The van der Waals surface area contributed by atoms with Crippen LogP contribution < -0.4 is 5.56 Å². The fourth-order valence-electron chi connectivity index (χ4n) is 2.81. The van der Waals surface area contributed by atoms with E-state index in [-0.39, 0.29) is 11.2 Å². The first-order valence-corrected chi connectivity index (χ1v) is 7.38. The molecule has 114 valence electrons. The van der Waals surface area contributed by atoms with Gasteiger partial charge in [-0.15, -0.1) is 0 Å². The van der Waals surface area contributed by atoms with E-state index in [0.717, 1.165) is 11.1 Å². The number of imidazole rings is 1. The number of aryl methyl sites for hydroxylation is 1. The Labute approximate surface area is 135 Å². The first-order valence-electron chi connectivity index (χ1n) is 7.00. The Morgan fingerprint density at radius 3 is 2.78 bits per heavy atom. The van der Waals surface area contributed by atoms with Crippen molar-refractivity contribution in [1.82, 2.24) is 14.0 Å². The quantitative estimate of drug-likeness (QED) is 0.534. The standard InChI is InChI=1S/C17H11ClFN3O/c1-10-2-4-12(19)9-14(10)22-15-8-11(18)3-5-13(15)21-7-6-20-16(21)17(22)23/h2-9H,1H3. The molecule has 0 aliphatic carbocycles. The van der Waals surface area contributed by atoms with Gasteiger partial charge < -0.3 is 0 Å². The molecule has 0 N–H and O–H groups in total. The van der Waals surface area contributed by atoms with Crippen LogP contribution in [0.15, 0.2) is 53.6 Å². The minimum atomic E-state index is -0.407. The van der Waals surface area contributed by atoms with Gasteiger partial charge >= 0.3 is 0 Å². The average molecular weight is 328 g/mol. The Bertz CT molecular complexity index is 1130. The van der Waals surface area contributed by atoms with Gasteiger partial charge in [-0.05, 0) is 42.8 Å². The molecule has 0 fully saturated rings. The smallest absolute Gasteiger partial charge is 0.294 e. The number of fused-ring (bicyclic) bond motifs is 3. The molecule has 0 aliphatic rings. The van der Waals surface area contributed by atoms with E-state index in [4.69, 9.17) is 11.6 Å². The largest absolute Gasteiger partial charge is 0.299 e. The summed E-state index contributed by atoms with van der Waals surface area (Å²) in [6.45, 7) is 1.83. The molecule has 0 bridgehead atoms. The second-order valence-electron chi connectivity index (χ2n) is 5.33. The number of aromatic nitrogens is 3. The molecule has 6 heteroatoms. The second kappa shape index (κ2) is 4.93. The van der Waals surface area contributed by atoms with Crippen molar-refractivity contribution < 1.29 is 4.39 Å². The molecular weight excluding hydrogens is 317 g/mol. The third kappa shape index (κ3) is 2.04. The molecule has 0 aliphatic heterocycles. The van der Waals surface area contributed by atoms with Crippen LogP contribution in [0.5, 0.6) is 0 Å². The minimum absolute atomic E-state index is 0.281. The zero-order chi connectivity index (χ0) is 16.1. The predicted octanol–water partition coefficient (Wildman–Crippen LogP) is 3.74. The zero-order valence-corrected chi connectivity index (χ0v) is 12.9. The maximum atomic E-state index is 13.7. The van der Waals surface area contributed by atoms with Crippen molar-refractivity contribution in [3.63, 3.8) is 0 Å². The van der Waals surface area contributed by atoms with Crippen molar-refractivity contribution in [2.45, 2.75) is 6.92 Å². The van der Waals surface area contributed by atoms with Crippen LogP contribution in [0.3, 0.4) is 0 Å². The summed E-state index contributed by atoms with van der Waals surface area (Å²) in [5.74, 6) is -0.407. The van der Waals surface area contributed by atoms with Gasteiger partial charge in [-0.2, -0.15) is 0 Å². The maximum absolute atomic E-state index is 13.7. The third-order valence-corrected chi connectivity index (χ3v) is 4.12. The van der Waals surface area contributed by atoms with E-state index >= 15 is 0 Å². The monoisotopic (exact) mass is 327 g/mol. The fraction of sp³-hybridized carbons (Fsp3) is 0.0588. The highest BCUT2D eigenvalue weighted by molar-refractivity contribution is 6.31. The van der Waals surface area contributed by atoms with Gasteiger partial charge in [-0.25, -0.2) is 9.37 Å². The lowest BCUT2D eigenvalue weighted by Crippen LogP contribution is -2.22. The predicted molar refractivity (Wildman–Crippen MR) is 88.0 cm³/mol. The molecular formula is C17H11ClFN3O. The highest BCUT2D eigenvalue weighted by Crippen LogP contribution is 2.24. The normalized spacial score (nSPS) is 11.4. The summed E-state index contributed by atoms with van der Waals surface area (Å²) in [5.41, 5.74) is 2.59. The van der Waals surface area contributed by atoms with Crippen LogP contribution >= 0.6 is 11.6 Å². The summed E-state index contributed by atoms with van der Waals surface area (Å²) in [6.07, 6.45) is 3.28. The topological polar surface area (TPSA) is 39.3 Å². The molecule has 4 aromatic rings. The second-order valence-corrected chi connectivity index (χ2v) is 5.76. The molecule has 0 saturated carbocycles. The SMILES string of the molecule is Cc1ccc(F)cc1-n1c(=O)c2nccn2c2ccc(Cl)cc21. The number of rotatable bonds is 1. The molecule has 4 rings (SSSR count). The number of benzene rings is 2. The molecule has 2 aromatic carbocycles. The van der Waals surface area contributed by atoms with E-state index in [2.05, 4.69) is 4.98 Å². The summed E-state index contributed by atoms with van der Waals surface area (Å²) in [7, 11) is 0. The fourth-order valence-corrected chi connectivity index (χ4v) is 2.97. The Kier molecular flexibility index (Phi) is 2.99. The van der Waals surface area contributed by atoms with Crippen molar-refractivity contribution in [1.29, 1.82) is 0 Å². The van der Waals surface area contributed by atoms with Crippen LogP contribution in [0.2, 0.25) is 5.02 Å². The van der Waals surface area contributed by atoms with Gasteiger partial charge in [-0.3, -0.25) is 13.8 Å². The molecule has 0 atom stereocenters. The van der Waals surface area contributed by atoms with Crippen molar-refractivity contribution in [3.8, 4) is 5.69 Å². The molecule has 2 aromatic heterocycles. The van der Waals surface area contributed by atoms with Crippen molar-refractivity contribution in [3.05, 3.63) is 75.5 Å². The van der Waals surface area contributed by atoms with E-state index in [1.54, 1.807) is 35.0 Å². The van der Waals surface area contributed by atoms with Gasteiger partial charge in [0.2, 0.25) is 5.65 Å². The summed E-state index contributed by atoms with van der Waals surface area (Å²) in [4.78, 5) is 17.0. The molecule has 0 spiro atoms. The van der Waals surface area contributed by atoms with Gasteiger partial charge in [0.15, 0.2) is 0 Å². The van der Waals surface area contributed by atoms with E-state index in [0.29, 0.717) is 16.2 Å². The molecule has 2 heterocycles. The third-order valence-electron chi connectivity index (χ3n) is 3.89. The van der Waals surface area contributed by atoms with E-state index < -0.39 is 5.82 Å². The Morgan fingerprint density at radius 2 is 1.96 bits per heavy atom. The van der Waals surface area contributed by atoms with Crippen molar-refractivity contribution >= 4 is 28.3 Å². The first kappa shape index (κ1) is 14.0. The lowest BCUT2D eigenvalue weighted by atomic mass is 10.1. The number of hydrogen-bond donors (Lipinski definition) is 0. The van der Waals surface area contributed by atoms with Gasteiger partial charge in [0, 0.05) is 17.4 Å². The lowest BCUT2D eigenvalue weighted by molar-refractivity contribution is 0.626.